The molecule has 9 heteroatoms. The van der Waals surface area contributed by atoms with E-state index in [9.17, 15) is 14.7 Å². The highest BCUT2D eigenvalue weighted by Gasteiger charge is 2.38. The summed E-state index contributed by atoms with van der Waals surface area (Å²) in [6, 6.07) is 12.9. The Morgan fingerprint density at radius 2 is 1.78 bits per heavy atom. The quantitative estimate of drug-likeness (QED) is 0.330. The summed E-state index contributed by atoms with van der Waals surface area (Å²) in [7, 11) is 0. The number of carbonyl (C=O) groups excluding carboxylic acids is 2. The van der Waals surface area contributed by atoms with Gasteiger partial charge in [0.15, 0.2) is 0 Å². The van der Waals surface area contributed by atoms with Gasteiger partial charge in [0.1, 0.15) is 5.69 Å². The summed E-state index contributed by atoms with van der Waals surface area (Å²) in [6.07, 6.45) is 9.09. The first kappa shape index (κ1) is 28.8. The van der Waals surface area contributed by atoms with Gasteiger partial charge in [-0.15, -0.1) is 0 Å². The van der Waals surface area contributed by atoms with Crippen LogP contribution in [-0.4, -0.2) is 79.2 Å². The third kappa shape index (κ3) is 5.23. The number of fused-ring (bicyclic) bond motifs is 2. The first-order chi connectivity index (χ1) is 21.8. The van der Waals surface area contributed by atoms with Crippen LogP contribution in [-0.2, 0) is 11.3 Å². The van der Waals surface area contributed by atoms with Crippen LogP contribution in [0.3, 0.4) is 0 Å². The van der Waals surface area contributed by atoms with Gasteiger partial charge in [0, 0.05) is 67.7 Å². The molecular formula is C36H44N6O3. The van der Waals surface area contributed by atoms with Crippen molar-refractivity contribution in [3.63, 3.8) is 0 Å². The summed E-state index contributed by atoms with van der Waals surface area (Å²) >= 11 is 0. The molecule has 9 nitrogen and oxygen atoms in total. The summed E-state index contributed by atoms with van der Waals surface area (Å²) in [5.41, 5.74) is 13.6. The van der Waals surface area contributed by atoms with Crippen LogP contribution in [0.5, 0.6) is 0 Å². The van der Waals surface area contributed by atoms with Crippen LogP contribution < -0.4 is 5.73 Å². The van der Waals surface area contributed by atoms with Gasteiger partial charge in [-0.2, -0.15) is 5.10 Å². The minimum atomic E-state index is -0.246. The molecule has 3 N–H and O–H groups in total. The molecule has 2 aliphatic carbocycles. The van der Waals surface area contributed by atoms with Crippen LogP contribution in [0.1, 0.15) is 78.8 Å². The standard InChI is InChI=1S/C36H44N6O3/c1-22-31-14-11-26(36(45)39-15-3-5-28(37)21-39)20-42(31)38-33(22)32-16-25-4-2-6-30(34(25)41(32)17-23-7-8-23)27-18-40(19-27)35(44)24-9-12-29(43)13-10-24/h2,4,6,11,14,16,20,23-24,27-29,43H,3,5,7-10,12-13,15,17-19,21,37H2,1H3/t24-,28-,29+/m1/s1. The van der Waals surface area contributed by atoms with E-state index in [4.69, 9.17) is 10.8 Å². The molecule has 4 aliphatic rings. The second-order valence-corrected chi connectivity index (χ2v) is 14.2. The zero-order valence-electron chi connectivity index (χ0n) is 26.2. The SMILES string of the molecule is Cc1c(-c2cc3cccc(C4CN(C(=O)[C@H]5CC[C@@H](O)CC5)C4)c3n2CC2CC2)nn2cc(C(=O)N3CCC[C@@H](N)C3)ccc12. The lowest BCUT2D eigenvalue weighted by atomic mass is 9.83. The molecular weight excluding hydrogens is 564 g/mol. The maximum atomic E-state index is 13.3. The molecule has 0 radical (unpaired) electrons. The third-order valence-electron chi connectivity index (χ3n) is 10.9. The highest BCUT2D eigenvalue weighted by atomic mass is 16.3. The Labute approximate surface area is 264 Å². The number of amides is 2. The lowest BCUT2D eigenvalue weighted by Crippen LogP contribution is -2.51. The Bertz CT molecular complexity index is 1770. The van der Waals surface area contributed by atoms with E-state index in [2.05, 4.69) is 35.8 Å². The van der Waals surface area contributed by atoms with Crippen LogP contribution in [0.15, 0.2) is 42.6 Å². The molecule has 2 amide bonds. The van der Waals surface area contributed by atoms with E-state index in [1.165, 1.54) is 29.3 Å². The van der Waals surface area contributed by atoms with E-state index in [0.29, 0.717) is 23.9 Å². The first-order valence-electron chi connectivity index (χ1n) is 17.0. The number of pyridine rings is 1. The zero-order chi connectivity index (χ0) is 30.8. The Morgan fingerprint density at radius 1 is 0.978 bits per heavy atom. The molecule has 45 heavy (non-hydrogen) atoms. The third-order valence-corrected chi connectivity index (χ3v) is 10.9. The molecule has 2 saturated carbocycles. The van der Waals surface area contributed by atoms with Crippen LogP contribution in [0.2, 0.25) is 0 Å². The molecule has 2 saturated heterocycles. The van der Waals surface area contributed by atoms with Gasteiger partial charge in [0.2, 0.25) is 5.91 Å². The van der Waals surface area contributed by atoms with Crippen molar-refractivity contribution in [2.24, 2.45) is 17.6 Å². The van der Waals surface area contributed by atoms with Crippen molar-refractivity contribution in [1.29, 1.82) is 0 Å². The van der Waals surface area contributed by atoms with Crippen molar-refractivity contribution in [2.75, 3.05) is 26.2 Å². The number of benzene rings is 1. The lowest BCUT2D eigenvalue weighted by Gasteiger charge is -2.42. The second kappa shape index (κ2) is 11.3. The molecule has 1 atom stereocenters. The Balaban J connectivity index is 1.11. The summed E-state index contributed by atoms with van der Waals surface area (Å²) in [6.45, 7) is 5.95. The van der Waals surface area contributed by atoms with Crippen molar-refractivity contribution in [3.8, 4) is 11.4 Å². The van der Waals surface area contributed by atoms with Gasteiger partial charge < -0.3 is 25.2 Å². The van der Waals surface area contributed by atoms with E-state index in [0.717, 1.165) is 87.2 Å². The average Bonchev–Trinajstić information content (AvgIpc) is 3.69. The molecule has 8 rings (SSSR count). The van der Waals surface area contributed by atoms with Gasteiger partial charge in [0.05, 0.1) is 28.4 Å². The number of nitrogens with zero attached hydrogens (tertiary/aromatic N) is 5. The van der Waals surface area contributed by atoms with Crippen LogP contribution >= 0.6 is 0 Å². The number of aliphatic hydroxyl groups excluding tert-OH is 1. The fourth-order valence-corrected chi connectivity index (χ4v) is 7.98. The van der Waals surface area contributed by atoms with Crippen molar-refractivity contribution in [3.05, 3.63) is 59.3 Å². The van der Waals surface area contributed by atoms with Gasteiger partial charge in [-0.05, 0) is 88.0 Å². The smallest absolute Gasteiger partial charge is 0.255 e. The largest absolute Gasteiger partial charge is 0.393 e. The van der Waals surface area contributed by atoms with Crippen molar-refractivity contribution >= 4 is 28.2 Å². The minimum absolute atomic E-state index is 0.0170. The maximum absolute atomic E-state index is 13.3. The van der Waals surface area contributed by atoms with Crippen LogP contribution in [0, 0.1) is 18.8 Å². The molecule has 0 unspecified atom stereocenters. The summed E-state index contributed by atoms with van der Waals surface area (Å²) in [4.78, 5) is 30.5. The van der Waals surface area contributed by atoms with Gasteiger partial charge >= 0.3 is 0 Å². The second-order valence-electron chi connectivity index (χ2n) is 14.2. The van der Waals surface area contributed by atoms with Crippen molar-refractivity contribution in [1.82, 2.24) is 24.0 Å². The number of carbonyl (C=O) groups is 2. The average molecular weight is 609 g/mol. The number of nitrogens with two attached hydrogens (primary N) is 1. The molecule has 3 aromatic heterocycles. The first-order valence-corrected chi connectivity index (χ1v) is 17.0. The molecule has 236 valence electrons. The fourth-order valence-electron chi connectivity index (χ4n) is 7.98. The molecule has 4 fully saturated rings. The molecule has 0 bridgehead atoms. The normalized spacial score (nSPS) is 24.4. The Morgan fingerprint density at radius 3 is 2.53 bits per heavy atom. The van der Waals surface area contributed by atoms with E-state index >= 15 is 0 Å². The number of rotatable bonds is 6. The van der Waals surface area contributed by atoms with E-state index in [1.807, 2.05) is 32.6 Å². The number of hydrogen-bond donors (Lipinski definition) is 2. The van der Waals surface area contributed by atoms with Crippen LogP contribution in [0.25, 0.3) is 27.8 Å². The predicted octanol–water partition coefficient (Wildman–Crippen LogP) is 4.71. The van der Waals surface area contributed by atoms with E-state index in [1.54, 1.807) is 0 Å². The van der Waals surface area contributed by atoms with Gasteiger partial charge in [-0.25, -0.2) is 4.52 Å². The van der Waals surface area contributed by atoms with Gasteiger partial charge in [-0.3, -0.25) is 9.59 Å². The Hall–Kier alpha value is -3.69. The Kier molecular flexibility index (Phi) is 7.21. The number of aryl methyl sites for hydroxylation is 1. The topological polar surface area (TPSA) is 109 Å². The molecule has 2 aliphatic heterocycles. The lowest BCUT2D eigenvalue weighted by molar-refractivity contribution is -0.141. The number of likely N-dealkylation sites (tertiary alicyclic amines) is 2. The summed E-state index contributed by atoms with van der Waals surface area (Å²) < 4.78 is 4.37. The molecule has 1 aromatic carbocycles. The summed E-state index contributed by atoms with van der Waals surface area (Å²) in [5.74, 6) is 1.32. The highest BCUT2D eigenvalue weighted by molar-refractivity contribution is 5.95. The molecule has 0 spiro atoms. The van der Waals surface area contributed by atoms with Gasteiger partial charge in [0.25, 0.3) is 5.91 Å². The van der Waals surface area contributed by atoms with Gasteiger partial charge in [-0.1, -0.05) is 18.2 Å². The molecule has 4 aromatic rings. The fraction of sp³-hybridized carbons (Fsp3) is 0.528. The maximum Gasteiger partial charge on any atom is 0.255 e. The minimum Gasteiger partial charge on any atom is -0.393 e. The molecule has 5 heterocycles. The number of hydrogen-bond acceptors (Lipinski definition) is 5. The van der Waals surface area contributed by atoms with Crippen LogP contribution in [0.4, 0.5) is 0 Å². The monoisotopic (exact) mass is 608 g/mol. The zero-order valence-corrected chi connectivity index (χ0v) is 26.2. The number of aromatic nitrogens is 3. The number of aliphatic hydroxyl groups is 1. The highest BCUT2D eigenvalue weighted by Crippen LogP contribution is 2.41. The van der Waals surface area contributed by atoms with E-state index < -0.39 is 0 Å². The predicted molar refractivity (Wildman–Crippen MR) is 174 cm³/mol. The van der Waals surface area contributed by atoms with Crippen molar-refractivity contribution < 1.29 is 14.7 Å². The summed E-state index contributed by atoms with van der Waals surface area (Å²) in [5, 5.41) is 16.2. The van der Waals surface area contributed by atoms with Crippen molar-refractivity contribution in [2.45, 2.75) is 82.9 Å². The number of piperidine rings is 1. The number of para-hydroxylation sites is 1. The van der Waals surface area contributed by atoms with E-state index in [-0.39, 0.29) is 29.9 Å².